The van der Waals surface area contributed by atoms with Crippen LogP contribution in [0.1, 0.15) is 18.9 Å². The molecule has 5 heteroatoms. The van der Waals surface area contributed by atoms with Gasteiger partial charge in [-0.05, 0) is 36.8 Å². The zero-order valence-electron chi connectivity index (χ0n) is 11.8. The van der Waals surface area contributed by atoms with Crippen molar-refractivity contribution in [2.45, 2.75) is 13.3 Å². The Morgan fingerprint density at radius 1 is 1.33 bits per heavy atom. The Hall–Kier alpha value is -2.69. The molecule has 2 amide bonds. The highest BCUT2D eigenvalue weighted by molar-refractivity contribution is 5.97. The standard InChI is InChI=1S/C16H17N3O2/c1-2-10-21-15-7-5-14(6-8-15)19-16(20)18-12-13-4-3-9-17-11-13/h3-9,11-12H,2,10H2,1H3,(H,19,20)/b18-12+. The molecule has 1 aromatic heterocycles. The lowest BCUT2D eigenvalue weighted by molar-refractivity contribution is 0.259. The number of pyridine rings is 1. The van der Waals surface area contributed by atoms with Gasteiger partial charge in [0.1, 0.15) is 5.75 Å². The van der Waals surface area contributed by atoms with Crippen LogP contribution in [-0.2, 0) is 0 Å². The minimum atomic E-state index is -0.430. The van der Waals surface area contributed by atoms with Crippen molar-refractivity contribution in [3.05, 3.63) is 54.4 Å². The molecule has 5 nitrogen and oxygen atoms in total. The monoisotopic (exact) mass is 283 g/mol. The van der Waals surface area contributed by atoms with Gasteiger partial charge in [-0.15, -0.1) is 0 Å². The smallest absolute Gasteiger partial charge is 0.345 e. The minimum absolute atomic E-state index is 0.430. The van der Waals surface area contributed by atoms with E-state index in [-0.39, 0.29) is 0 Å². The molecule has 0 unspecified atom stereocenters. The highest BCUT2D eigenvalue weighted by atomic mass is 16.5. The number of nitrogens with zero attached hydrogens (tertiary/aromatic N) is 2. The number of hydrogen-bond donors (Lipinski definition) is 1. The van der Waals surface area contributed by atoms with Crippen LogP contribution in [-0.4, -0.2) is 23.8 Å². The Labute approximate surface area is 123 Å². The van der Waals surface area contributed by atoms with E-state index in [4.69, 9.17) is 4.74 Å². The molecule has 0 radical (unpaired) electrons. The summed E-state index contributed by atoms with van der Waals surface area (Å²) < 4.78 is 5.47. The predicted octanol–water partition coefficient (Wildman–Crippen LogP) is 3.52. The predicted molar refractivity (Wildman–Crippen MR) is 83.1 cm³/mol. The van der Waals surface area contributed by atoms with Gasteiger partial charge in [-0.25, -0.2) is 9.79 Å². The maximum Gasteiger partial charge on any atom is 0.345 e. The van der Waals surface area contributed by atoms with Gasteiger partial charge in [0, 0.05) is 29.9 Å². The van der Waals surface area contributed by atoms with Crippen molar-refractivity contribution >= 4 is 17.9 Å². The number of anilines is 1. The average molecular weight is 283 g/mol. The van der Waals surface area contributed by atoms with E-state index in [1.54, 1.807) is 30.6 Å². The van der Waals surface area contributed by atoms with E-state index in [1.165, 1.54) is 6.21 Å². The molecule has 1 N–H and O–H groups in total. The normalized spacial score (nSPS) is 10.5. The molecule has 2 aromatic rings. The highest BCUT2D eigenvalue weighted by Gasteiger charge is 2.00. The third-order valence-electron chi connectivity index (χ3n) is 2.59. The van der Waals surface area contributed by atoms with E-state index in [0.29, 0.717) is 12.3 Å². The highest BCUT2D eigenvalue weighted by Crippen LogP contribution is 2.15. The first-order valence-electron chi connectivity index (χ1n) is 6.76. The molecule has 0 fully saturated rings. The van der Waals surface area contributed by atoms with Gasteiger partial charge < -0.3 is 10.1 Å². The molecular weight excluding hydrogens is 266 g/mol. The summed E-state index contributed by atoms with van der Waals surface area (Å²) in [6.45, 7) is 2.73. The number of hydrogen-bond acceptors (Lipinski definition) is 3. The number of carbonyl (C=O) groups is 1. The third kappa shape index (κ3) is 5.06. The molecule has 0 aliphatic rings. The van der Waals surface area contributed by atoms with Crippen LogP contribution in [0.2, 0.25) is 0 Å². The Morgan fingerprint density at radius 2 is 2.14 bits per heavy atom. The van der Waals surface area contributed by atoms with E-state index in [1.807, 2.05) is 18.2 Å². The quantitative estimate of drug-likeness (QED) is 0.854. The van der Waals surface area contributed by atoms with Crippen LogP contribution < -0.4 is 10.1 Å². The second-order valence-corrected chi connectivity index (χ2v) is 4.35. The molecule has 0 atom stereocenters. The van der Waals surface area contributed by atoms with Crippen molar-refractivity contribution in [3.8, 4) is 5.75 Å². The molecule has 1 aromatic carbocycles. The second-order valence-electron chi connectivity index (χ2n) is 4.35. The molecule has 2 rings (SSSR count). The number of aromatic nitrogens is 1. The molecule has 1 heterocycles. The number of nitrogens with one attached hydrogen (secondary N) is 1. The SMILES string of the molecule is CCCOc1ccc(NC(=O)/N=C/c2cccnc2)cc1. The first-order chi connectivity index (χ1) is 10.3. The topological polar surface area (TPSA) is 63.6 Å². The fraction of sp³-hybridized carbons (Fsp3) is 0.188. The summed E-state index contributed by atoms with van der Waals surface area (Å²) in [5.41, 5.74) is 1.45. The van der Waals surface area contributed by atoms with Crippen LogP contribution in [0.4, 0.5) is 10.5 Å². The molecule has 0 bridgehead atoms. The van der Waals surface area contributed by atoms with Crippen LogP contribution in [0.25, 0.3) is 0 Å². The van der Waals surface area contributed by atoms with E-state index >= 15 is 0 Å². The summed E-state index contributed by atoms with van der Waals surface area (Å²) in [6.07, 6.45) is 5.73. The van der Waals surface area contributed by atoms with Gasteiger partial charge in [-0.2, -0.15) is 0 Å². The van der Waals surface area contributed by atoms with E-state index in [9.17, 15) is 4.79 Å². The molecule has 21 heavy (non-hydrogen) atoms. The fourth-order valence-corrected chi connectivity index (χ4v) is 1.60. The van der Waals surface area contributed by atoms with Crippen LogP contribution in [0.15, 0.2) is 53.8 Å². The number of benzene rings is 1. The molecule has 0 spiro atoms. The van der Waals surface area contributed by atoms with E-state index < -0.39 is 6.03 Å². The summed E-state index contributed by atoms with van der Waals surface area (Å²) in [6, 6.07) is 10.4. The summed E-state index contributed by atoms with van der Waals surface area (Å²) >= 11 is 0. The van der Waals surface area contributed by atoms with Crippen molar-refractivity contribution in [2.75, 3.05) is 11.9 Å². The van der Waals surface area contributed by atoms with Crippen molar-refractivity contribution < 1.29 is 9.53 Å². The summed E-state index contributed by atoms with van der Waals surface area (Å²) in [5.74, 6) is 0.786. The molecule has 108 valence electrons. The lowest BCUT2D eigenvalue weighted by Gasteiger charge is -2.05. The van der Waals surface area contributed by atoms with Crippen molar-refractivity contribution in [3.63, 3.8) is 0 Å². The number of urea groups is 1. The maximum absolute atomic E-state index is 11.7. The van der Waals surface area contributed by atoms with E-state index in [2.05, 4.69) is 22.2 Å². The number of rotatable bonds is 5. The average Bonchev–Trinajstić information content (AvgIpc) is 2.53. The van der Waals surface area contributed by atoms with Gasteiger partial charge in [0.15, 0.2) is 0 Å². The Kier molecular flexibility index (Phi) is 5.46. The Bertz CT molecular complexity index is 595. The van der Waals surface area contributed by atoms with Gasteiger partial charge in [0.2, 0.25) is 0 Å². The molecular formula is C16H17N3O2. The molecule has 0 saturated carbocycles. The first-order valence-corrected chi connectivity index (χ1v) is 6.76. The van der Waals surface area contributed by atoms with E-state index in [0.717, 1.165) is 17.7 Å². The molecule has 0 aliphatic heterocycles. The van der Waals surface area contributed by atoms with Crippen LogP contribution in [0, 0.1) is 0 Å². The largest absolute Gasteiger partial charge is 0.494 e. The summed E-state index contributed by atoms with van der Waals surface area (Å²) in [4.78, 5) is 19.4. The fourth-order valence-electron chi connectivity index (χ4n) is 1.60. The number of carbonyl (C=O) groups excluding carboxylic acids is 1. The van der Waals surface area contributed by atoms with Crippen LogP contribution in [0.5, 0.6) is 5.75 Å². The van der Waals surface area contributed by atoms with Gasteiger partial charge in [-0.1, -0.05) is 13.0 Å². The first kappa shape index (κ1) is 14.7. The van der Waals surface area contributed by atoms with Gasteiger partial charge in [-0.3, -0.25) is 4.98 Å². The summed E-state index contributed by atoms with van der Waals surface area (Å²) in [5, 5.41) is 2.68. The maximum atomic E-state index is 11.7. The molecule has 0 aliphatic carbocycles. The zero-order chi connectivity index (χ0) is 14.9. The number of ether oxygens (including phenoxy) is 1. The molecule has 0 saturated heterocycles. The van der Waals surface area contributed by atoms with Gasteiger partial charge in [0.05, 0.1) is 6.61 Å². The number of aliphatic imine (C=N–C) groups is 1. The lowest BCUT2D eigenvalue weighted by Crippen LogP contribution is -2.06. The van der Waals surface area contributed by atoms with Gasteiger partial charge >= 0.3 is 6.03 Å². The van der Waals surface area contributed by atoms with Crippen LogP contribution in [0.3, 0.4) is 0 Å². The lowest BCUT2D eigenvalue weighted by atomic mass is 10.3. The van der Waals surface area contributed by atoms with Crippen molar-refractivity contribution in [2.24, 2.45) is 4.99 Å². The third-order valence-corrected chi connectivity index (χ3v) is 2.59. The summed E-state index contributed by atoms with van der Waals surface area (Å²) in [7, 11) is 0. The number of amides is 2. The Balaban J connectivity index is 1.89. The Morgan fingerprint density at radius 3 is 2.81 bits per heavy atom. The zero-order valence-corrected chi connectivity index (χ0v) is 11.8. The van der Waals surface area contributed by atoms with Crippen LogP contribution >= 0.6 is 0 Å². The second kappa shape index (κ2) is 7.79. The minimum Gasteiger partial charge on any atom is -0.494 e. The van der Waals surface area contributed by atoms with Crippen molar-refractivity contribution in [1.29, 1.82) is 0 Å². The van der Waals surface area contributed by atoms with Gasteiger partial charge in [0.25, 0.3) is 0 Å². The van der Waals surface area contributed by atoms with Crippen molar-refractivity contribution in [1.82, 2.24) is 4.98 Å².